The fourth-order valence-corrected chi connectivity index (χ4v) is 7.56. The first-order valence-corrected chi connectivity index (χ1v) is 17.1. The lowest BCUT2D eigenvalue weighted by molar-refractivity contribution is 0.669. The maximum absolute atomic E-state index is 6.25. The van der Waals surface area contributed by atoms with E-state index < -0.39 is 0 Å². The van der Waals surface area contributed by atoms with Crippen molar-refractivity contribution in [3.63, 3.8) is 0 Å². The summed E-state index contributed by atoms with van der Waals surface area (Å²) in [4.78, 5) is 2.38. The lowest BCUT2D eigenvalue weighted by Crippen LogP contribution is -2.10. The lowest BCUT2D eigenvalue weighted by atomic mass is 9.92. The second-order valence-corrected chi connectivity index (χ2v) is 13.0. The molecule has 2 nitrogen and oxygen atoms in total. The molecule has 0 aliphatic carbocycles. The second-order valence-electron chi connectivity index (χ2n) is 13.0. The van der Waals surface area contributed by atoms with Crippen molar-refractivity contribution in [1.29, 1.82) is 0 Å². The largest absolute Gasteiger partial charge is 0.456 e. The Morgan fingerprint density at radius 2 is 0.960 bits per heavy atom. The Bertz CT molecular complexity index is 2870. The predicted molar refractivity (Wildman–Crippen MR) is 212 cm³/mol. The molecule has 0 bridgehead atoms. The number of nitrogens with zero attached hydrogens (tertiary/aromatic N) is 1. The fraction of sp³-hybridized carbons (Fsp3) is 0. The molecule has 0 saturated carbocycles. The van der Waals surface area contributed by atoms with E-state index in [1.54, 1.807) is 0 Å². The summed E-state index contributed by atoms with van der Waals surface area (Å²) < 4.78 is 6.25. The van der Waals surface area contributed by atoms with Crippen LogP contribution in [0.4, 0.5) is 17.1 Å². The van der Waals surface area contributed by atoms with Gasteiger partial charge in [0, 0.05) is 27.8 Å². The number of rotatable bonds is 5. The summed E-state index contributed by atoms with van der Waals surface area (Å²) in [5.41, 5.74) is 9.93. The molecular weight excluding hydrogens is 607 g/mol. The highest BCUT2D eigenvalue weighted by Crippen LogP contribution is 2.43. The number of benzene rings is 9. The van der Waals surface area contributed by atoms with Crippen LogP contribution in [0.15, 0.2) is 192 Å². The van der Waals surface area contributed by atoms with Crippen LogP contribution in [0, 0.1) is 0 Å². The first kappa shape index (κ1) is 28.4. The van der Waals surface area contributed by atoms with E-state index in [0.717, 1.165) is 39.0 Å². The van der Waals surface area contributed by atoms with Crippen molar-refractivity contribution in [3.8, 4) is 22.3 Å². The summed E-state index contributed by atoms with van der Waals surface area (Å²) in [6.45, 7) is 0. The molecule has 0 saturated heterocycles. The molecule has 0 unspecified atom stereocenters. The van der Waals surface area contributed by atoms with Gasteiger partial charge in [0.1, 0.15) is 11.2 Å². The summed E-state index contributed by atoms with van der Waals surface area (Å²) in [7, 11) is 0. The van der Waals surface area contributed by atoms with Crippen molar-refractivity contribution in [1.82, 2.24) is 0 Å². The Morgan fingerprint density at radius 1 is 0.300 bits per heavy atom. The number of para-hydroxylation sites is 2. The molecule has 0 fully saturated rings. The zero-order valence-corrected chi connectivity index (χ0v) is 27.3. The molecule has 0 radical (unpaired) electrons. The summed E-state index contributed by atoms with van der Waals surface area (Å²) in [6.07, 6.45) is 0. The SMILES string of the molecule is c1ccc(-c2ccc(N(c3ccccc3)c3ccc4ccc5cc6oc7ccccc7c6cc5c4c3)cc2-c2ccc3ccccc3c2)cc1. The van der Waals surface area contributed by atoms with Gasteiger partial charge in [-0.05, 0) is 115 Å². The molecule has 10 rings (SSSR count). The molecule has 1 heterocycles. The Hall–Kier alpha value is -6.64. The van der Waals surface area contributed by atoms with E-state index in [4.69, 9.17) is 4.42 Å². The zero-order chi connectivity index (χ0) is 33.0. The van der Waals surface area contributed by atoms with Gasteiger partial charge in [-0.25, -0.2) is 0 Å². The van der Waals surface area contributed by atoms with E-state index in [9.17, 15) is 0 Å². The molecular formula is C48H31NO. The molecule has 2 heteroatoms. The van der Waals surface area contributed by atoms with Gasteiger partial charge in [-0.1, -0.05) is 127 Å². The van der Waals surface area contributed by atoms with Gasteiger partial charge < -0.3 is 9.32 Å². The van der Waals surface area contributed by atoms with Gasteiger partial charge in [0.2, 0.25) is 0 Å². The predicted octanol–water partition coefficient (Wildman–Crippen LogP) is 13.8. The van der Waals surface area contributed by atoms with Crippen molar-refractivity contribution >= 4 is 71.3 Å². The van der Waals surface area contributed by atoms with Crippen LogP contribution in [0.1, 0.15) is 0 Å². The maximum atomic E-state index is 6.25. The van der Waals surface area contributed by atoms with Crippen LogP contribution in [0.5, 0.6) is 0 Å². The third kappa shape index (κ3) is 4.73. The standard InChI is InChI=1S/C48H31NO/c1-3-12-33(13-4-1)41-26-25-40(30-44(41)36-21-19-32-11-7-8-14-35(32)27-36)49(38-15-5-2-6-16-38)39-24-23-34-20-22-37-28-48-46(31-45(37)43(34)29-39)42-17-9-10-18-47(42)50-48/h1-31H. The quantitative estimate of drug-likeness (QED) is 0.175. The lowest BCUT2D eigenvalue weighted by Gasteiger charge is -2.27. The van der Waals surface area contributed by atoms with Gasteiger partial charge in [0.25, 0.3) is 0 Å². The van der Waals surface area contributed by atoms with E-state index in [-0.39, 0.29) is 0 Å². The molecule has 0 aliphatic rings. The van der Waals surface area contributed by atoms with Crippen molar-refractivity contribution < 1.29 is 4.42 Å². The molecule has 0 aliphatic heterocycles. The third-order valence-corrected chi connectivity index (χ3v) is 10.00. The van der Waals surface area contributed by atoms with E-state index in [1.165, 1.54) is 54.6 Å². The average molecular weight is 638 g/mol. The minimum Gasteiger partial charge on any atom is -0.456 e. The molecule has 234 valence electrons. The van der Waals surface area contributed by atoms with E-state index in [0.29, 0.717) is 0 Å². The first-order valence-electron chi connectivity index (χ1n) is 17.1. The average Bonchev–Trinajstić information content (AvgIpc) is 3.55. The van der Waals surface area contributed by atoms with Crippen LogP contribution in [0.2, 0.25) is 0 Å². The van der Waals surface area contributed by atoms with Crippen molar-refractivity contribution in [2.45, 2.75) is 0 Å². The number of furan rings is 1. The van der Waals surface area contributed by atoms with Crippen molar-refractivity contribution in [3.05, 3.63) is 188 Å². The number of anilines is 3. The van der Waals surface area contributed by atoms with Crippen LogP contribution < -0.4 is 4.90 Å². The first-order chi connectivity index (χ1) is 24.8. The van der Waals surface area contributed by atoms with Crippen LogP contribution >= 0.6 is 0 Å². The van der Waals surface area contributed by atoms with Crippen LogP contribution in [-0.2, 0) is 0 Å². The Balaban J connectivity index is 1.20. The van der Waals surface area contributed by atoms with Crippen LogP contribution in [0.3, 0.4) is 0 Å². The smallest absolute Gasteiger partial charge is 0.136 e. The highest BCUT2D eigenvalue weighted by molar-refractivity contribution is 6.17. The molecule has 9 aromatic carbocycles. The third-order valence-electron chi connectivity index (χ3n) is 10.00. The zero-order valence-electron chi connectivity index (χ0n) is 27.3. The van der Waals surface area contributed by atoms with Crippen LogP contribution in [0.25, 0.3) is 76.5 Å². The second kappa shape index (κ2) is 11.5. The van der Waals surface area contributed by atoms with Crippen molar-refractivity contribution in [2.75, 3.05) is 4.90 Å². The van der Waals surface area contributed by atoms with E-state index in [1.807, 2.05) is 12.1 Å². The summed E-state index contributed by atoms with van der Waals surface area (Å²) in [5, 5.41) is 9.55. The van der Waals surface area contributed by atoms with E-state index >= 15 is 0 Å². The Kier molecular flexibility index (Phi) is 6.53. The molecule has 10 aromatic rings. The van der Waals surface area contributed by atoms with Crippen molar-refractivity contribution in [2.24, 2.45) is 0 Å². The van der Waals surface area contributed by atoms with Gasteiger partial charge in [0.05, 0.1) is 0 Å². The highest BCUT2D eigenvalue weighted by atomic mass is 16.3. The maximum Gasteiger partial charge on any atom is 0.136 e. The topological polar surface area (TPSA) is 16.4 Å². The summed E-state index contributed by atoms with van der Waals surface area (Å²) in [5.74, 6) is 0. The highest BCUT2D eigenvalue weighted by Gasteiger charge is 2.18. The van der Waals surface area contributed by atoms with Gasteiger partial charge in [-0.15, -0.1) is 0 Å². The minimum atomic E-state index is 0.916. The minimum absolute atomic E-state index is 0.916. The number of hydrogen-bond donors (Lipinski definition) is 0. The van der Waals surface area contributed by atoms with Gasteiger partial charge in [-0.3, -0.25) is 0 Å². The van der Waals surface area contributed by atoms with E-state index in [2.05, 4.69) is 181 Å². The summed E-state index contributed by atoms with van der Waals surface area (Å²) in [6, 6.07) is 67.7. The van der Waals surface area contributed by atoms with Gasteiger partial charge in [0.15, 0.2) is 0 Å². The molecule has 0 amide bonds. The van der Waals surface area contributed by atoms with Gasteiger partial charge >= 0.3 is 0 Å². The molecule has 0 spiro atoms. The summed E-state index contributed by atoms with van der Waals surface area (Å²) >= 11 is 0. The van der Waals surface area contributed by atoms with Crippen LogP contribution in [-0.4, -0.2) is 0 Å². The fourth-order valence-electron chi connectivity index (χ4n) is 7.56. The molecule has 1 aromatic heterocycles. The Morgan fingerprint density at radius 3 is 1.84 bits per heavy atom. The number of fused-ring (bicyclic) bond motifs is 7. The molecule has 0 atom stereocenters. The van der Waals surface area contributed by atoms with Gasteiger partial charge in [-0.2, -0.15) is 0 Å². The Labute approximate surface area is 290 Å². The normalized spacial score (nSPS) is 11.6. The number of hydrogen-bond acceptors (Lipinski definition) is 2. The molecule has 50 heavy (non-hydrogen) atoms. The molecule has 0 N–H and O–H groups in total. The monoisotopic (exact) mass is 637 g/mol.